The van der Waals surface area contributed by atoms with E-state index in [1.165, 1.54) is 0 Å². The second kappa shape index (κ2) is 30.5. The van der Waals surface area contributed by atoms with Crippen LogP contribution in [0, 0.1) is 5.92 Å². The third kappa shape index (κ3) is 22.0. The average molecular weight is 1040 g/mol. The first kappa shape index (κ1) is 60.0. The van der Waals surface area contributed by atoms with Crippen molar-refractivity contribution in [2.75, 3.05) is 31.1 Å². The lowest BCUT2D eigenvalue weighted by atomic mass is 10.0. The first-order chi connectivity index (χ1) is 33.4. The van der Waals surface area contributed by atoms with E-state index >= 15 is 0 Å². The van der Waals surface area contributed by atoms with Gasteiger partial charge in [-0.2, -0.15) is 25.3 Å². The predicted molar refractivity (Wildman–Crippen MR) is 261 cm³/mol. The summed E-state index contributed by atoms with van der Waals surface area (Å²) >= 11 is 7.91. The lowest BCUT2D eigenvalue weighted by Gasteiger charge is -2.26. The van der Waals surface area contributed by atoms with Crippen molar-refractivity contribution >= 4 is 107 Å². The highest BCUT2D eigenvalue weighted by molar-refractivity contribution is 7.80. The van der Waals surface area contributed by atoms with Crippen LogP contribution in [0.25, 0.3) is 10.9 Å². The van der Waals surface area contributed by atoms with Crippen molar-refractivity contribution in [2.24, 2.45) is 28.1 Å². The third-order valence-electron chi connectivity index (χ3n) is 10.2. The number of aliphatic imine (C=N–C) groups is 1. The number of fused-ring (bicyclic) bond motifs is 1. The molecule has 0 spiro atoms. The van der Waals surface area contributed by atoms with E-state index in [2.05, 4.69) is 77.8 Å². The van der Waals surface area contributed by atoms with Crippen LogP contribution in [0.5, 0.6) is 0 Å². The van der Waals surface area contributed by atoms with Crippen molar-refractivity contribution in [1.29, 1.82) is 0 Å². The van der Waals surface area contributed by atoms with Crippen LogP contribution in [-0.4, -0.2) is 165 Å². The number of hydrogen-bond donors (Lipinski definition) is 17. The lowest BCUT2D eigenvalue weighted by molar-refractivity contribution is -0.141. The van der Waals surface area contributed by atoms with Crippen LogP contribution in [0.3, 0.4) is 0 Å². The van der Waals surface area contributed by atoms with Crippen molar-refractivity contribution in [3.63, 3.8) is 0 Å². The van der Waals surface area contributed by atoms with Gasteiger partial charge in [0.15, 0.2) is 5.96 Å². The Bertz CT molecular complexity index is 2260. The molecule has 1 aromatic carbocycles. The van der Waals surface area contributed by atoms with Crippen molar-refractivity contribution in [3.05, 3.63) is 36.0 Å². The van der Waals surface area contributed by atoms with Crippen LogP contribution >= 0.6 is 25.3 Å². The molecule has 0 aliphatic heterocycles. The number of H-pyrrole nitrogens is 1. The zero-order valence-electron chi connectivity index (χ0n) is 38.9. The summed E-state index contributed by atoms with van der Waals surface area (Å²) in [5.41, 5.74) is 17.8. The SMILES string of the molecule is CC(C)CC(NC(=O)C(CCC(=O)O)NC(=O)C(N)CS)C(=O)NC(CCCN=C(N)N)C(=O)NCC(=O)NC(CC(=O)O)C(=O)NCC(=O)NC(Cc1c[nH]c2ccccc12)C(=O)NC(CS)C(=O)O. The Hall–Kier alpha value is -7.14. The van der Waals surface area contributed by atoms with Gasteiger partial charge in [-0.15, -0.1) is 0 Å². The molecule has 392 valence electrons. The normalized spacial score (nSPS) is 13.9. The fourth-order valence-electron chi connectivity index (χ4n) is 6.56. The number of para-hydroxylation sites is 1. The number of carbonyl (C=O) groups excluding carboxylic acids is 8. The molecule has 2 rings (SSSR count). The number of nitrogens with zero attached hydrogens (tertiary/aromatic N) is 1. The predicted octanol–water partition coefficient (Wildman–Crippen LogP) is -4.44. The molecule has 71 heavy (non-hydrogen) atoms. The molecule has 0 aliphatic rings. The van der Waals surface area contributed by atoms with Crippen LogP contribution in [0.4, 0.5) is 0 Å². The molecule has 0 fully saturated rings. The molecule has 0 bridgehead atoms. The Morgan fingerprint density at radius 1 is 0.648 bits per heavy atom. The van der Waals surface area contributed by atoms with Gasteiger partial charge in [0.05, 0.1) is 25.6 Å². The molecule has 8 amide bonds. The number of hydrogen-bond acceptors (Lipinski definition) is 15. The number of nitrogens with one attached hydrogen (secondary N) is 9. The topological polar surface area (TPSA) is 451 Å². The summed E-state index contributed by atoms with van der Waals surface area (Å²) in [7, 11) is 0. The molecule has 18 N–H and O–H groups in total. The molecule has 0 radical (unpaired) electrons. The molecule has 29 heteroatoms. The monoisotopic (exact) mass is 1040 g/mol. The van der Waals surface area contributed by atoms with E-state index in [1.54, 1.807) is 44.3 Å². The summed E-state index contributed by atoms with van der Waals surface area (Å²) in [6, 6.07) is -2.88. The number of rotatable bonds is 32. The van der Waals surface area contributed by atoms with Gasteiger partial charge in [0.2, 0.25) is 47.3 Å². The van der Waals surface area contributed by atoms with Gasteiger partial charge < -0.3 is 80.0 Å². The molecule has 0 aliphatic carbocycles. The Kier molecular flexibility index (Phi) is 25.7. The van der Waals surface area contributed by atoms with Gasteiger partial charge in [-0.25, -0.2) is 4.79 Å². The first-order valence-electron chi connectivity index (χ1n) is 22.1. The molecule has 27 nitrogen and oxygen atoms in total. The van der Waals surface area contributed by atoms with Crippen molar-refractivity contribution < 1.29 is 68.1 Å². The van der Waals surface area contributed by atoms with Crippen molar-refractivity contribution in [1.82, 2.24) is 47.5 Å². The molecular weight excluding hydrogens is 975 g/mol. The zero-order chi connectivity index (χ0) is 53.4. The molecule has 0 saturated carbocycles. The van der Waals surface area contributed by atoms with E-state index in [4.69, 9.17) is 17.2 Å². The Balaban J connectivity index is 2.21. The maximum atomic E-state index is 13.8. The average Bonchev–Trinajstić information content (AvgIpc) is 3.71. The first-order valence-corrected chi connectivity index (χ1v) is 23.3. The zero-order valence-corrected chi connectivity index (χ0v) is 40.7. The van der Waals surface area contributed by atoms with E-state index in [0.29, 0.717) is 16.5 Å². The third-order valence-corrected chi connectivity index (χ3v) is 10.9. The highest BCUT2D eigenvalue weighted by Crippen LogP contribution is 2.19. The van der Waals surface area contributed by atoms with Gasteiger partial charge >= 0.3 is 17.9 Å². The Labute approximate surface area is 418 Å². The van der Waals surface area contributed by atoms with E-state index in [1.807, 2.05) is 0 Å². The van der Waals surface area contributed by atoms with E-state index in [-0.39, 0.29) is 62.0 Å². The molecule has 0 saturated heterocycles. The fourth-order valence-corrected chi connectivity index (χ4v) is 6.97. The van der Waals surface area contributed by atoms with Crippen LogP contribution in [0.2, 0.25) is 0 Å². The summed E-state index contributed by atoms with van der Waals surface area (Å²) < 4.78 is 0. The number of benzene rings is 1. The molecule has 7 atom stereocenters. The standard InChI is InChI=1S/C42H63N13O14S2/c1-20(2)12-27(54-38(65)26(9-10-33(58)59)52-35(62)23(43)18-70)39(66)53-25(8-5-11-46-42(44)45)36(63)48-16-32(57)51-29(14-34(60)61)37(64)49-17-31(56)50-28(40(67)55-30(19-71)41(68)69)13-21-15-47-24-7-4-3-6-22(21)24/h3-4,6-7,15,20,23,25-30,47,70-71H,5,8-14,16-19,43H2,1-2H3,(H,48,63)(H,49,64)(H,50,56)(H,51,57)(H,52,62)(H,53,66)(H,54,65)(H,55,67)(H,58,59)(H,60,61)(H,68,69)(H4,44,45,46). The second-order valence-corrected chi connectivity index (χ2v) is 17.1. The maximum absolute atomic E-state index is 13.8. The summed E-state index contributed by atoms with van der Waals surface area (Å²) in [6.07, 6.45) is -0.463. The second-order valence-electron chi connectivity index (χ2n) is 16.4. The minimum absolute atomic E-state index is 0.00267. The van der Waals surface area contributed by atoms with E-state index < -0.39 is 133 Å². The largest absolute Gasteiger partial charge is 0.481 e. The number of aromatic nitrogens is 1. The molecular formula is C42H63N13O14S2. The van der Waals surface area contributed by atoms with E-state index in [0.717, 1.165) is 0 Å². The van der Waals surface area contributed by atoms with E-state index in [9.17, 15) is 68.1 Å². The smallest absolute Gasteiger partial charge is 0.327 e. The number of carboxylic acid groups (broad SMARTS) is 3. The number of aromatic amines is 1. The highest BCUT2D eigenvalue weighted by Gasteiger charge is 2.33. The van der Waals surface area contributed by atoms with Crippen LogP contribution in [-0.2, 0) is 59.2 Å². The molecule has 7 unspecified atom stereocenters. The summed E-state index contributed by atoms with van der Waals surface area (Å²) in [6.45, 7) is 1.74. The summed E-state index contributed by atoms with van der Waals surface area (Å²) in [5.74, 6) is -12.7. The number of nitrogens with two attached hydrogens (primary N) is 3. The summed E-state index contributed by atoms with van der Waals surface area (Å²) in [4.78, 5) is 148. The van der Waals surface area contributed by atoms with Crippen molar-refractivity contribution in [3.8, 4) is 0 Å². The number of amides is 8. The maximum Gasteiger partial charge on any atom is 0.327 e. The van der Waals surface area contributed by atoms with Gasteiger partial charge in [0.25, 0.3) is 0 Å². The number of thiol groups is 2. The van der Waals surface area contributed by atoms with Gasteiger partial charge in [0, 0.05) is 48.0 Å². The number of carboxylic acids is 3. The van der Waals surface area contributed by atoms with Crippen LogP contribution < -0.4 is 59.7 Å². The van der Waals surface area contributed by atoms with Crippen LogP contribution in [0.15, 0.2) is 35.5 Å². The number of guanidine groups is 1. The quantitative estimate of drug-likeness (QED) is 0.0142. The van der Waals surface area contributed by atoms with Gasteiger partial charge in [-0.3, -0.25) is 52.9 Å². The summed E-state index contributed by atoms with van der Waals surface area (Å²) in [5, 5.41) is 47.7. The molecule has 1 heterocycles. The van der Waals surface area contributed by atoms with Crippen molar-refractivity contribution in [2.45, 2.75) is 101 Å². The van der Waals surface area contributed by atoms with Gasteiger partial charge in [-0.1, -0.05) is 32.0 Å². The molecule has 1 aromatic heterocycles. The van der Waals surface area contributed by atoms with Crippen LogP contribution in [0.1, 0.15) is 57.9 Å². The minimum atomic E-state index is -1.81. The Morgan fingerprint density at radius 2 is 1.18 bits per heavy atom. The number of carbonyl (C=O) groups is 11. The minimum Gasteiger partial charge on any atom is -0.481 e. The lowest BCUT2D eigenvalue weighted by Crippen LogP contribution is -2.58. The molecule has 2 aromatic rings. The van der Waals surface area contributed by atoms with Gasteiger partial charge in [0.1, 0.15) is 36.3 Å². The fraction of sp³-hybridized carbons (Fsp3) is 0.524. The number of aliphatic carboxylic acids is 3. The van der Waals surface area contributed by atoms with Gasteiger partial charge in [-0.05, 0) is 43.2 Å². The highest BCUT2D eigenvalue weighted by atomic mass is 32.1. The Morgan fingerprint density at radius 3 is 1.75 bits per heavy atom.